The van der Waals surface area contributed by atoms with E-state index >= 15 is 0 Å². The summed E-state index contributed by atoms with van der Waals surface area (Å²) in [5, 5.41) is 0. The van der Waals surface area contributed by atoms with E-state index in [9.17, 15) is 19.2 Å². The van der Waals surface area contributed by atoms with Crippen molar-refractivity contribution < 1.29 is 33.4 Å². The lowest BCUT2D eigenvalue weighted by Crippen LogP contribution is -2.70. The molecule has 1 saturated heterocycles. The van der Waals surface area contributed by atoms with E-state index in [1.54, 1.807) is 6.92 Å². The Balaban J connectivity index is 1.68. The van der Waals surface area contributed by atoms with Crippen LogP contribution in [0.25, 0.3) is 0 Å². The molecule has 7 heteroatoms. The molecular formula is C28H40O7. The van der Waals surface area contributed by atoms with Crippen molar-refractivity contribution in [2.45, 2.75) is 116 Å². The maximum atomic E-state index is 13.3. The summed E-state index contributed by atoms with van der Waals surface area (Å²) in [7, 11) is 0. The van der Waals surface area contributed by atoms with Gasteiger partial charge in [0.25, 0.3) is 0 Å². The highest BCUT2D eigenvalue weighted by atomic mass is 16.7. The second-order valence-electron chi connectivity index (χ2n) is 12.5. The molecule has 5 rings (SSSR count). The molecule has 4 aliphatic carbocycles. The van der Waals surface area contributed by atoms with Crippen LogP contribution in [0, 0.1) is 34.5 Å². The monoisotopic (exact) mass is 488 g/mol. The Labute approximate surface area is 208 Å². The van der Waals surface area contributed by atoms with Crippen molar-refractivity contribution in [2.75, 3.05) is 0 Å². The molecule has 0 aromatic heterocycles. The number of hydrogen-bond donors (Lipinski definition) is 0. The molecule has 7 nitrogen and oxygen atoms in total. The van der Waals surface area contributed by atoms with Crippen molar-refractivity contribution in [2.24, 2.45) is 34.5 Å². The highest BCUT2D eigenvalue weighted by Crippen LogP contribution is 2.81. The molecular weight excluding hydrogens is 448 g/mol. The zero-order valence-electron chi connectivity index (χ0n) is 22.0. The topological polar surface area (TPSA) is 99.3 Å². The first-order valence-electron chi connectivity index (χ1n) is 13.5. The number of fused-ring (bicyclic) bond motifs is 2. The minimum absolute atomic E-state index is 0.0563. The van der Waals surface area contributed by atoms with Crippen LogP contribution in [-0.4, -0.2) is 46.9 Å². The number of ether oxygens (including phenoxy) is 3. The third-order valence-electron chi connectivity index (χ3n) is 11.1. The highest BCUT2D eigenvalue weighted by Gasteiger charge is 2.91. The average Bonchev–Trinajstić information content (AvgIpc) is 3.34. The van der Waals surface area contributed by atoms with Crippen molar-refractivity contribution in [1.29, 1.82) is 0 Å². The Kier molecular flexibility index (Phi) is 5.60. The van der Waals surface area contributed by atoms with Crippen molar-refractivity contribution >= 4 is 23.5 Å². The first-order chi connectivity index (χ1) is 16.4. The van der Waals surface area contributed by atoms with Gasteiger partial charge in [-0.2, -0.15) is 0 Å². The van der Waals surface area contributed by atoms with E-state index in [-0.39, 0.29) is 46.6 Å². The van der Waals surface area contributed by atoms with E-state index in [0.29, 0.717) is 32.1 Å². The van der Waals surface area contributed by atoms with E-state index in [4.69, 9.17) is 14.2 Å². The third kappa shape index (κ3) is 3.05. The van der Waals surface area contributed by atoms with Gasteiger partial charge in [-0.15, -0.1) is 0 Å². The van der Waals surface area contributed by atoms with Gasteiger partial charge in [0, 0.05) is 37.0 Å². The van der Waals surface area contributed by atoms with Crippen molar-refractivity contribution in [1.82, 2.24) is 0 Å². The molecule has 10 atom stereocenters. The van der Waals surface area contributed by atoms with Crippen LogP contribution in [0.4, 0.5) is 0 Å². The molecule has 5 aliphatic rings. The summed E-state index contributed by atoms with van der Waals surface area (Å²) in [6.45, 7) is 11.0. The van der Waals surface area contributed by atoms with Gasteiger partial charge in [-0.1, -0.05) is 27.7 Å². The maximum absolute atomic E-state index is 13.3. The fourth-order valence-corrected chi connectivity index (χ4v) is 9.15. The van der Waals surface area contributed by atoms with E-state index in [1.807, 2.05) is 20.8 Å². The molecule has 4 saturated carbocycles. The number of rotatable bonds is 5. The van der Waals surface area contributed by atoms with Gasteiger partial charge in [0.2, 0.25) is 0 Å². The molecule has 5 fully saturated rings. The van der Waals surface area contributed by atoms with Crippen LogP contribution in [-0.2, 0) is 33.4 Å². The second-order valence-corrected chi connectivity index (χ2v) is 12.5. The van der Waals surface area contributed by atoms with Crippen LogP contribution in [0.3, 0.4) is 0 Å². The molecule has 2 spiro atoms. The number of Topliss-reactive ketones (excluding diaryl/α,β-unsaturated/α-hetero) is 2. The number of hydrogen-bond acceptors (Lipinski definition) is 7. The largest absolute Gasteiger partial charge is 0.458 e. The number of ketones is 2. The van der Waals surface area contributed by atoms with Gasteiger partial charge in [-0.3, -0.25) is 19.2 Å². The molecule has 194 valence electrons. The predicted molar refractivity (Wildman–Crippen MR) is 126 cm³/mol. The minimum Gasteiger partial charge on any atom is -0.458 e. The third-order valence-corrected chi connectivity index (χ3v) is 11.1. The van der Waals surface area contributed by atoms with Crippen LogP contribution in [0.5, 0.6) is 0 Å². The summed E-state index contributed by atoms with van der Waals surface area (Å²) in [4.78, 5) is 51.1. The second kappa shape index (κ2) is 7.87. The first kappa shape index (κ1) is 24.9. The zero-order chi connectivity index (χ0) is 25.6. The molecule has 1 aliphatic heterocycles. The molecule has 1 heterocycles. The Morgan fingerprint density at radius 2 is 1.80 bits per heavy atom. The van der Waals surface area contributed by atoms with Crippen LogP contribution in [0.15, 0.2) is 0 Å². The van der Waals surface area contributed by atoms with Gasteiger partial charge in [0.05, 0.1) is 5.92 Å². The van der Waals surface area contributed by atoms with Crippen LogP contribution < -0.4 is 0 Å². The van der Waals surface area contributed by atoms with Gasteiger partial charge < -0.3 is 14.2 Å². The van der Waals surface area contributed by atoms with Gasteiger partial charge in [0.1, 0.15) is 35.0 Å². The summed E-state index contributed by atoms with van der Waals surface area (Å²) < 4.78 is 19.3. The van der Waals surface area contributed by atoms with Gasteiger partial charge in [-0.05, 0) is 56.8 Å². The molecule has 0 N–H and O–H groups in total. The SMILES string of the molecule is CCC(C)C(=O)OC1C2C3(C)CCC(=O)CC3CCC23OC32CCC(C(C)=O)C2(C)C1OC(C)=O. The van der Waals surface area contributed by atoms with Crippen molar-refractivity contribution in [3.8, 4) is 0 Å². The van der Waals surface area contributed by atoms with Crippen LogP contribution in [0.1, 0.15) is 92.9 Å². The maximum Gasteiger partial charge on any atom is 0.309 e. The van der Waals surface area contributed by atoms with Gasteiger partial charge in [0.15, 0.2) is 0 Å². The smallest absolute Gasteiger partial charge is 0.309 e. The lowest BCUT2D eigenvalue weighted by molar-refractivity contribution is -0.223. The minimum atomic E-state index is -0.783. The highest BCUT2D eigenvalue weighted by molar-refractivity contribution is 5.81. The van der Waals surface area contributed by atoms with E-state index in [2.05, 4.69) is 6.92 Å². The van der Waals surface area contributed by atoms with E-state index in [1.165, 1.54) is 6.92 Å². The fourth-order valence-electron chi connectivity index (χ4n) is 9.15. The molecule has 0 radical (unpaired) electrons. The van der Waals surface area contributed by atoms with Crippen molar-refractivity contribution in [3.05, 3.63) is 0 Å². The van der Waals surface area contributed by atoms with Crippen molar-refractivity contribution in [3.63, 3.8) is 0 Å². The van der Waals surface area contributed by atoms with Gasteiger partial charge in [-0.25, -0.2) is 0 Å². The molecule has 35 heavy (non-hydrogen) atoms. The normalized spacial score (nSPS) is 48.5. The Bertz CT molecular complexity index is 974. The lowest BCUT2D eigenvalue weighted by atomic mass is 9.43. The molecule has 0 amide bonds. The number of carbonyl (C=O) groups excluding carboxylic acids is 4. The van der Waals surface area contributed by atoms with Crippen LogP contribution >= 0.6 is 0 Å². The summed E-state index contributed by atoms with van der Waals surface area (Å²) in [5.41, 5.74) is -2.19. The Morgan fingerprint density at radius 3 is 2.43 bits per heavy atom. The van der Waals surface area contributed by atoms with Crippen LogP contribution in [0.2, 0.25) is 0 Å². The molecule has 0 aromatic rings. The van der Waals surface area contributed by atoms with E-state index < -0.39 is 34.8 Å². The van der Waals surface area contributed by atoms with Gasteiger partial charge >= 0.3 is 11.9 Å². The molecule has 10 unspecified atom stereocenters. The zero-order valence-corrected chi connectivity index (χ0v) is 22.0. The fraction of sp³-hybridized carbons (Fsp3) is 0.857. The lowest BCUT2D eigenvalue weighted by Gasteiger charge is -2.60. The Morgan fingerprint density at radius 1 is 1.09 bits per heavy atom. The quantitative estimate of drug-likeness (QED) is 0.423. The Hall–Kier alpha value is -1.76. The standard InChI is InChI=1S/C28H40O7/c1-7-15(2)24(32)34-21-22-25(5)11-9-19(31)14-18(25)8-12-27(22)28(35-27)13-10-20(16(3)29)26(28,6)23(21)33-17(4)30/h15,18,20-23H,7-14H2,1-6H3. The molecule has 0 bridgehead atoms. The summed E-state index contributed by atoms with van der Waals surface area (Å²) in [5.74, 6) is -1.06. The molecule has 0 aromatic carbocycles. The summed E-state index contributed by atoms with van der Waals surface area (Å²) in [6.07, 6.45) is 3.94. The summed E-state index contributed by atoms with van der Waals surface area (Å²) in [6, 6.07) is 0. The number of esters is 2. The number of carbonyl (C=O) groups is 4. The first-order valence-corrected chi connectivity index (χ1v) is 13.5. The average molecular weight is 489 g/mol. The predicted octanol–water partition coefficient (Wildman–Crippen LogP) is 4.19. The van der Waals surface area contributed by atoms with E-state index in [0.717, 1.165) is 19.3 Å². The summed E-state index contributed by atoms with van der Waals surface area (Å²) >= 11 is 0. The number of epoxide rings is 1.